The highest BCUT2D eigenvalue weighted by Gasteiger charge is 2.23. The average molecular weight is 342 g/mol. The number of benzene rings is 3. The molecule has 0 atom stereocenters. The average Bonchev–Trinajstić information content (AvgIpc) is 2.66. The summed E-state index contributed by atoms with van der Waals surface area (Å²) in [6.45, 7) is 1.82. The molecular formula is C23H18O3. The lowest BCUT2D eigenvalue weighted by molar-refractivity contribution is 0.0963. The lowest BCUT2D eigenvalue weighted by Gasteiger charge is -2.09. The van der Waals surface area contributed by atoms with Gasteiger partial charge in [0.1, 0.15) is 5.75 Å². The largest absolute Gasteiger partial charge is 0.507 e. The summed E-state index contributed by atoms with van der Waals surface area (Å²) in [5, 5.41) is 10.2. The first-order chi connectivity index (χ1) is 12.6. The van der Waals surface area contributed by atoms with E-state index < -0.39 is 5.78 Å². The quantitative estimate of drug-likeness (QED) is 0.312. The van der Waals surface area contributed by atoms with Crippen molar-refractivity contribution in [2.24, 2.45) is 0 Å². The molecular weight excluding hydrogens is 324 g/mol. The maximum Gasteiger partial charge on any atom is 0.200 e. The molecule has 0 heterocycles. The van der Waals surface area contributed by atoms with Crippen LogP contribution in [0.1, 0.15) is 31.8 Å². The Morgan fingerprint density at radius 1 is 0.808 bits per heavy atom. The summed E-state index contributed by atoms with van der Waals surface area (Å²) in [5.41, 5.74) is 2.13. The Balaban J connectivity index is 2.10. The van der Waals surface area contributed by atoms with Gasteiger partial charge in [0.25, 0.3) is 0 Å². The number of carbonyl (C=O) groups excluding carboxylic acids is 2. The van der Waals surface area contributed by atoms with Crippen LogP contribution in [0, 0.1) is 6.92 Å². The highest BCUT2D eigenvalue weighted by molar-refractivity contribution is 6.33. The normalized spacial score (nSPS) is 11.2. The number of hydrogen-bond acceptors (Lipinski definition) is 3. The molecule has 26 heavy (non-hydrogen) atoms. The first kappa shape index (κ1) is 17.4. The second kappa shape index (κ2) is 7.62. The van der Waals surface area contributed by atoms with Gasteiger partial charge >= 0.3 is 0 Å². The summed E-state index contributed by atoms with van der Waals surface area (Å²) in [7, 11) is 0. The summed E-state index contributed by atoms with van der Waals surface area (Å²) in [6, 6.07) is 22.6. The summed E-state index contributed by atoms with van der Waals surface area (Å²) in [4.78, 5) is 26.0. The van der Waals surface area contributed by atoms with E-state index in [1.807, 2.05) is 43.3 Å². The van der Waals surface area contributed by atoms with E-state index in [1.165, 1.54) is 6.07 Å². The maximum absolute atomic E-state index is 13.0. The Morgan fingerprint density at radius 2 is 1.42 bits per heavy atom. The number of rotatable bonds is 5. The minimum atomic E-state index is -0.500. The molecule has 0 fully saturated rings. The smallest absolute Gasteiger partial charge is 0.200 e. The number of phenols is 1. The van der Waals surface area contributed by atoms with Gasteiger partial charge in [-0.2, -0.15) is 0 Å². The number of hydrogen-bond donors (Lipinski definition) is 1. The standard InChI is InChI=1S/C23H18O3/c1-16-12-13-19(21(24)14-16)23(26)20(15-17-8-4-2-5-9-17)22(25)18-10-6-3-7-11-18/h2-15,24H,1H3/b20-15-. The van der Waals surface area contributed by atoms with E-state index in [2.05, 4.69) is 0 Å². The second-order valence-electron chi connectivity index (χ2n) is 6.01. The molecule has 0 saturated carbocycles. The van der Waals surface area contributed by atoms with E-state index in [0.29, 0.717) is 5.56 Å². The van der Waals surface area contributed by atoms with Crippen LogP contribution in [0.5, 0.6) is 5.75 Å². The summed E-state index contributed by atoms with van der Waals surface area (Å²) in [6.07, 6.45) is 1.57. The fourth-order valence-electron chi connectivity index (χ4n) is 2.67. The van der Waals surface area contributed by atoms with E-state index >= 15 is 0 Å². The zero-order chi connectivity index (χ0) is 18.5. The third kappa shape index (κ3) is 3.78. The van der Waals surface area contributed by atoms with Gasteiger partial charge in [-0.1, -0.05) is 66.7 Å². The highest BCUT2D eigenvalue weighted by atomic mass is 16.3. The van der Waals surface area contributed by atoms with Crippen LogP contribution in [0.4, 0.5) is 0 Å². The van der Waals surface area contributed by atoms with E-state index in [1.54, 1.807) is 42.5 Å². The molecule has 3 heteroatoms. The maximum atomic E-state index is 13.0. The Kier molecular flexibility index (Phi) is 5.09. The van der Waals surface area contributed by atoms with Gasteiger partial charge in [-0.15, -0.1) is 0 Å². The molecule has 0 aromatic heterocycles. The van der Waals surface area contributed by atoms with Crippen LogP contribution in [0.3, 0.4) is 0 Å². The van der Waals surface area contributed by atoms with Gasteiger partial charge in [0.2, 0.25) is 5.78 Å². The summed E-state index contributed by atoms with van der Waals surface area (Å²) < 4.78 is 0. The van der Waals surface area contributed by atoms with Crippen molar-refractivity contribution in [1.29, 1.82) is 0 Å². The van der Waals surface area contributed by atoms with Crippen LogP contribution >= 0.6 is 0 Å². The Hall–Kier alpha value is -3.46. The molecule has 128 valence electrons. The zero-order valence-electron chi connectivity index (χ0n) is 14.3. The SMILES string of the molecule is Cc1ccc(C(=O)/C(=C\c2ccccc2)C(=O)c2ccccc2)c(O)c1. The lowest BCUT2D eigenvalue weighted by Crippen LogP contribution is -2.14. The first-order valence-corrected chi connectivity index (χ1v) is 8.27. The lowest BCUT2D eigenvalue weighted by atomic mass is 9.93. The first-order valence-electron chi connectivity index (χ1n) is 8.27. The molecule has 0 spiro atoms. The van der Waals surface area contributed by atoms with Gasteiger partial charge in [-0.3, -0.25) is 9.59 Å². The Morgan fingerprint density at radius 3 is 2.04 bits per heavy atom. The molecule has 0 unspecified atom stereocenters. The molecule has 0 bridgehead atoms. The van der Waals surface area contributed by atoms with Crippen LogP contribution < -0.4 is 0 Å². The highest BCUT2D eigenvalue weighted by Crippen LogP contribution is 2.24. The van der Waals surface area contributed by atoms with Crippen LogP contribution in [0.25, 0.3) is 6.08 Å². The molecule has 0 saturated heterocycles. The van der Waals surface area contributed by atoms with E-state index in [9.17, 15) is 14.7 Å². The van der Waals surface area contributed by atoms with Crippen molar-refractivity contribution in [3.8, 4) is 5.75 Å². The Labute approximate surface area is 152 Å². The molecule has 3 nitrogen and oxygen atoms in total. The van der Waals surface area contributed by atoms with Gasteiger partial charge in [-0.25, -0.2) is 0 Å². The molecule has 0 aliphatic heterocycles. The molecule has 3 aromatic rings. The fourth-order valence-corrected chi connectivity index (χ4v) is 2.67. The number of carbonyl (C=O) groups is 2. The van der Waals surface area contributed by atoms with E-state index in [-0.39, 0.29) is 22.7 Å². The topological polar surface area (TPSA) is 54.4 Å². The summed E-state index contributed by atoms with van der Waals surface area (Å²) in [5.74, 6) is -1.01. The second-order valence-corrected chi connectivity index (χ2v) is 6.01. The fraction of sp³-hybridized carbons (Fsp3) is 0.0435. The van der Waals surface area contributed by atoms with Gasteiger partial charge in [0.05, 0.1) is 11.1 Å². The number of ketones is 2. The van der Waals surface area contributed by atoms with Gasteiger partial charge in [-0.05, 0) is 36.3 Å². The minimum Gasteiger partial charge on any atom is -0.507 e. The molecule has 0 aliphatic rings. The van der Waals surface area contributed by atoms with Crippen molar-refractivity contribution < 1.29 is 14.7 Å². The van der Waals surface area contributed by atoms with Crippen LogP contribution in [-0.2, 0) is 0 Å². The van der Waals surface area contributed by atoms with Gasteiger partial charge in [0.15, 0.2) is 5.78 Å². The van der Waals surface area contributed by atoms with Gasteiger partial charge < -0.3 is 5.11 Å². The third-order valence-corrected chi connectivity index (χ3v) is 4.03. The molecule has 1 N–H and O–H groups in total. The Bertz CT molecular complexity index is 971. The van der Waals surface area contributed by atoms with E-state index in [4.69, 9.17) is 0 Å². The third-order valence-electron chi connectivity index (χ3n) is 4.03. The van der Waals surface area contributed by atoms with Gasteiger partial charge in [0, 0.05) is 5.56 Å². The predicted molar refractivity (Wildman–Crippen MR) is 102 cm³/mol. The number of allylic oxidation sites excluding steroid dienone is 1. The van der Waals surface area contributed by atoms with Crippen LogP contribution in [0.2, 0.25) is 0 Å². The van der Waals surface area contributed by atoms with Crippen LogP contribution in [-0.4, -0.2) is 16.7 Å². The number of aryl methyl sites for hydroxylation is 1. The van der Waals surface area contributed by atoms with E-state index in [0.717, 1.165) is 11.1 Å². The number of Topliss-reactive ketones (excluding diaryl/α,β-unsaturated/α-hetero) is 2. The number of phenolic OH excluding ortho intramolecular Hbond substituents is 1. The zero-order valence-corrected chi connectivity index (χ0v) is 14.3. The molecule has 0 aliphatic carbocycles. The van der Waals surface area contributed by atoms with Crippen molar-refractivity contribution in [3.63, 3.8) is 0 Å². The van der Waals surface area contributed by atoms with Crippen molar-refractivity contribution in [1.82, 2.24) is 0 Å². The van der Waals surface area contributed by atoms with Crippen molar-refractivity contribution in [2.75, 3.05) is 0 Å². The molecule has 3 rings (SSSR count). The summed E-state index contributed by atoms with van der Waals surface area (Å²) >= 11 is 0. The van der Waals surface area contributed by atoms with Crippen molar-refractivity contribution in [2.45, 2.75) is 6.92 Å². The van der Waals surface area contributed by atoms with Crippen LogP contribution in [0.15, 0.2) is 84.4 Å². The predicted octanol–water partition coefficient (Wildman–Crippen LogP) is 4.85. The minimum absolute atomic E-state index is 0.0153. The van der Waals surface area contributed by atoms with Crippen molar-refractivity contribution in [3.05, 3.63) is 107 Å². The van der Waals surface area contributed by atoms with Crippen molar-refractivity contribution >= 4 is 17.6 Å². The monoisotopic (exact) mass is 342 g/mol. The molecule has 3 aromatic carbocycles. The molecule has 0 amide bonds. The molecule has 0 radical (unpaired) electrons. The number of aromatic hydroxyl groups is 1.